The summed E-state index contributed by atoms with van der Waals surface area (Å²) in [5.41, 5.74) is 1.66. The number of rotatable bonds is 5. The lowest BCUT2D eigenvalue weighted by atomic mass is 10.3. The second kappa shape index (κ2) is 6.15. The summed E-state index contributed by atoms with van der Waals surface area (Å²) in [6.07, 6.45) is 0. The zero-order valence-electron chi connectivity index (χ0n) is 10.6. The molecule has 0 spiro atoms. The quantitative estimate of drug-likeness (QED) is 0.668. The molecule has 1 atom stereocenters. The molecule has 0 aliphatic rings. The second-order valence-electron chi connectivity index (χ2n) is 3.91. The van der Waals surface area contributed by atoms with Gasteiger partial charge in [0.1, 0.15) is 6.54 Å². The lowest BCUT2D eigenvalue weighted by Crippen LogP contribution is -2.45. The number of nitrogens with zero attached hydrogens (tertiary/aromatic N) is 2. The number of ether oxygens (including phenoxy) is 1. The fourth-order valence-corrected chi connectivity index (χ4v) is 1.53. The third kappa shape index (κ3) is 3.56. The molecule has 0 radical (unpaired) electrons. The number of amides is 1. The highest BCUT2D eigenvalue weighted by molar-refractivity contribution is 5.84. The first kappa shape index (κ1) is 14.2. The van der Waals surface area contributed by atoms with Crippen LogP contribution < -0.4 is 5.32 Å². The number of aliphatic hydroxyl groups is 1. The molecule has 18 heavy (non-hydrogen) atoms. The van der Waals surface area contributed by atoms with E-state index in [4.69, 9.17) is 5.11 Å². The fourth-order valence-electron chi connectivity index (χ4n) is 1.53. The summed E-state index contributed by atoms with van der Waals surface area (Å²) < 4.78 is 5.97. The van der Waals surface area contributed by atoms with Crippen molar-refractivity contribution in [2.75, 3.05) is 13.7 Å². The van der Waals surface area contributed by atoms with Crippen LogP contribution in [0.5, 0.6) is 0 Å². The van der Waals surface area contributed by atoms with Gasteiger partial charge < -0.3 is 15.2 Å². The Morgan fingerprint density at radius 3 is 2.67 bits per heavy atom. The third-order valence-electron chi connectivity index (χ3n) is 2.40. The van der Waals surface area contributed by atoms with Crippen molar-refractivity contribution in [3.8, 4) is 0 Å². The van der Waals surface area contributed by atoms with Crippen LogP contribution >= 0.6 is 0 Å². The average molecular weight is 255 g/mol. The minimum atomic E-state index is -1.04. The van der Waals surface area contributed by atoms with Gasteiger partial charge in [0, 0.05) is 5.69 Å². The molecule has 1 amide bonds. The van der Waals surface area contributed by atoms with Crippen LogP contribution in [0.4, 0.5) is 0 Å². The number of hydrogen-bond acceptors (Lipinski definition) is 5. The SMILES string of the molecule is COC(=O)C(CO)NC(=O)Cn1nc(C)cc1C. The van der Waals surface area contributed by atoms with E-state index in [1.54, 1.807) is 0 Å². The van der Waals surface area contributed by atoms with Crippen LogP contribution in [0, 0.1) is 13.8 Å². The predicted molar refractivity (Wildman–Crippen MR) is 62.7 cm³/mol. The number of esters is 1. The summed E-state index contributed by atoms with van der Waals surface area (Å²) in [4.78, 5) is 22.9. The van der Waals surface area contributed by atoms with Crippen LogP contribution in [0.25, 0.3) is 0 Å². The molecule has 0 saturated heterocycles. The Bertz CT molecular complexity index is 441. The maximum atomic E-state index is 11.7. The number of aliphatic hydroxyl groups excluding tert-OH is 1. The molecule has 7 nitrogen and oxygen atoms in total. The van der Waals surface area contributed by atoms with E-state index >= 15 is 0 Å². The van der Waals surface area contributed by atoms with Gasteiger partial charge in [-0.25, -0.2) is 4.79 Å². The number of carbonyl (C=O) groups is 2. The molecule has 2 N–H and O–H groups in total. The van der Waals surface area contributed by atoms with E-state index in [0.717, 1.165) is 11.4 Å². The summed E-state index contributed by atoms with van der Waals surface area (Å²) in [6.45, 7) is 3.15. The molecule has 7 heteroatoms. The van der Waals surface area contributed by atoms with Gasteiger partial charge in [-0.15, -0.1) is 0 Å². The number of nitrogens with one attached hydrogen (secondary N) is 1. The van der Waals surface area contributed by atoms with E-state index in [0.29, 0.717) is 0 Å². The first-order chi connectivity index (χ1) is 8.47. The molecule has 0 aromatic carbocycles. The van der Waals surface area contributed by atoms with Gasteiger partial charge in [0.25, 0.3) is 0 Å². The van der Waals surface area contributed by atoms with Crippen LogP contribution in [0.3, 0.4) is 0 Å². The molecular weight excluding hydrogens is 238 g/mol. The Labute approximate surface area is 105 Å². The monoisotopic (exact) mass is 255 g/mol. The topological polar surface area (TPSA) is 93.5 Å². The van der Waals surface area contributed by atoms with Crippen LogP contribution in [-0.2, 0) is 20.9 Å². The van der Waals surface area contributed by atoms with E-state index in [2.05, 4.69) is 15.2 Å². The van der Waals surface area contributed by atoms with Gasteiger partial charge in [-0.1, -0.05) is 0 Å². The minimum absolute atomic E-state index is 0.00678. The highest BCUT2D eigenvalue weighted by Crippen LogP contribution is 2.01. The van der Waals surface area contributed by atoms with Crippen molar-refractivity contribution in [1.82, 2.24) is 15.1 Å². The largest absolute Gasteiger partial charge is 0.467 e. The van der Waals surface area contributed by atoms with Crippen molar-refractivity contribution < 1.29 is 19.4 Å². The summed E-state index contributed by atoms with van der Waals surface area (Å²) in [5.74, 6) is -1.09. The normalized spacial score (nSPS) is 12.0. The molecule has 1 aromatic heterocycles. The Morgan fingerprint density at radius 2 is 2.22 bits per heavy atom. The Morgan fingerprint density at radius 1 is 1.56 bits per heavy atom. The maximum absolute atomic E-state index is 11.7. The van der Waals surface area contributed by atoms with Crippen molar-refractivity contribution in [1.29, 1.82) is 0 Å². The zero-order valence-corrected chi connectivity index (χ0v) is 10.6. The lowest BCUT2D eigenvalue weighted by molar-refractivity contribution is -0.146. The Kier molecular flexibility index (Phi) is 4.85. The summed E-state index contributed by atoms with van der Waals surface area (Å²) in [6, 6.07) is 0.802. The lowest BCUT2D eigenvalue weighted by Gasteiger charge is -2.14. The smallest absolute Gasteiger partial charge is 0.330 e. The Balaban J connectivity index is 2.61. The molecular formula is C11H17N3O4. The molecule has 0 saturated carbocycles. The molecule has 0 aliphatic carbocycles. The number of carbonyl (C=O) groups excluding carboxylic acids is 2. The van der Waals surface area contributed by atoms with Gasteiger partial charge >= 0.3 is 5.97 Å². The molecule has 100 valence electrons. The van der Waals surface area contributed by atoms with E-state index in [-0.39, 0.29) is 6.54 Å². The predicted octanol–water partition coefficient (Wildman–Crippen LogP) is -0.850. The van der Waals surface area contributed by atoms with Crippen molar-refractivity contribution in [3.63, 3.8) is 0 Å². The van der Waals surface area contributed by atoms with E-state index in [9.17, 15) is 9.59 Å². The third-order valence-corrected chi connectivity index (χ3v) is 2.40. The second-order valence-corrected chi connectivity index (χ2v) is 3.91. The zero-order chi connectivity index (χ0) is 13.7. The highest BCUT2D eigenvalue weighted by Gasteiger charge is 2.20. The van der Waals surface area contributed by atoms with Gasteiger partial charge in [-0.3, -0.25) is 9.48 Å². The van der Waals surface area contributed by atoms with Gasteiger partial charge in [0.15, 0.2) is 6.04 Å². The van der Waals surface area contributed by atoms with Gasteiger partial charge in [-0.2, -0.15) is 5.10 Å². The highest BCUT2D eigenvalue weighted by atomic mass is 16.5. The number of aromatic nitrogens is 2. The van der Waals surface area contributed by atoms with E-state index < -0.39 is 24.5 Å². The van der Waals surface area contributed by atoms with Crippen molar-refractivity contribution in [2.45, 2.75) is 26.4 Å². The summed E-state index contributed by atoms with van der Waals surface area (Å²) in [7, 11) is 1.19. The first-order valence-corrected chi connectivity index (χ1v) is 5.47. The number of methoxy groups -OCH3 is 1. The molecule has 0 fully saturated rings. The van der Waals surface area contributed by atoms with Crippen LogP contribution in [-0.4, -0.2) is 46.5 Å². The van der Waals surface area contributed by atoms with Crippen molar-refractivity contribution in [3.05, 3.63) is 17.5 Å². The summed E-state index contributed by atoms with van der Waals surface area (Å²) >= 11 is 0. The molecule has 0 bridgehead atoms. The molecule has 1 unspecified atom stereocenters. The van der Waals surface area contributed by atoms with Crippen LogP contribution in [0.15, 0.2) is 6.07 Å². The molecule has 1 rings (SSSR count). The minimum Gasteiger partial charge on any atom is -0.467 e. The van der Waals surface area contributed by atoms with E-state index in [1.165, 1.54) is 11.8 Å². The van der Waals surface area contributed by atoms with Crippen molar-refractivity contribution in [2.24, 2.45) is 0 Å². The molecule has 1 heterocycles. The number of hydrogen-bond donors (Lipinski definition) is 2. The maximum Gasteiger partial charge on any atom is 0.330 e. The summed E-state index contributed by atoms with van der Waals surface area (Å²) in [5, 5.41) is 15.5. The Hall–Kier alpha value is -1.89. The first-order valence-electron chi connectivity index (χ1n) is 5.47. The van der Waals surface area contributed by atoms with Crippen LogP contribution in [0.1, 0.15) is 11.4 Å². The van der Waals surface area contributed by atoms with Gasteiger partial charge in [0.2, 0.25) is 5.91 Å². The van der Waals surface area contributed by atoms with Crippen LogP contribution in [0.2, 0.25) is 0 Å². The number of aryl methyl sites for hydroxylation is 2. The fraction of sp³-hybridized carbons (Fsp3) is 0.545. The average Bonchev–Trinajstić information content (AvgIpc) is 2.63. The van der Waals surface area contributed by atoms with Gasteiger partial charge in [0.05, 0.1) is 19.4 Å². The molecule has 1 aromatic rings. The van der Waals surface area contributed by atoms with Gasteiger partial charge in [-0.05, 0) is 19.9 Å². The van der Waals surface area contributed by atoms with E-state index in [1.807, 2.05) is 19.9 Å². The van der Waals surface area contributed by atoms with Crippen molar-refractivity contribution >= 4 is 11.9 Å². The molecule has 0 aliphatic heterocycles. The standard InChI is InChI=1S/C11H17N3O4/c1-7-4-8(2)14(13-7)5-10(16)12-9(6-15)11(17)18-3/h4,9,15H,5-6H2,1-3H3,(H,12,16).